The Bertz CT molecular complexity index is 771. The molecule has 0 aliphatic carbocycles. The molecule has 156 valence electrons. The lowest BCUT2D eigenvalue weighted by molar-refractivity contribution is -0.153. The van der Waals surface area contributed by atoms with Crippen LogP contribution in [0.5, 0.6) is 0 Å². The molecule has 0 bridgehead atoms. The zero-order valence-electron chi connectivity index (χ0n) is 16.7. The number of carbonyl (C=O) groups is 1. The predicted octanol–water partition coefficient (Wildman–Crippen LogP) is 1.05. The summed E-state index contributed by atoms with van der Waals surface area (Å²) in [6, 6.07) is 19.4. The highest BCUT2D eigenvalue weighted by Crippen LogP contribution is 2.25. The average Bonchev–Trinajstić information content (AvgIpc) is 2.72. The molecule has 1 aliphatic rings. The largest absolute Gasteiger partial charge is 0.395 e. The number of piperidine rings is 1. The Morgan fingerprint density at radius 1 is 1.07 bits per heavy atom. The first-order chi connectivity index (χ1) is 14.0. The van der Waals surface area contributed by atoms with Gasteiger partial charge in [0.2, 0.25) is 5.91 Å². The fourth-order valence-electron chi connectivity index (χ4n) is 3.84. The molecule has 0 spiro atoms. The van der Waals surface area contributed by atoms with Crippen LogP contribution in [0.15, 0.2) is 60.7 Å². The van der Waals surface area contributed by atoms with Gasteiger partial charge in [-0.05, 0) is 17.5 Å². The van der Waals surface area contributed by atoms with Crippen LogP contribution in [-0.2, 0) is 17.8 Å². The van der Waals surface area contributed by atoms with E-state index in [-0.39, 0.29) is 32.0 Å². The molecule has 29 heavy (non-hydrogen) atoms. The van der Waals surface area contributed by atoms with Gasteiger partial charge in [-0.3, -0.25) is 9.69 Å². The fraction of sp³-hybridized carbons (Fsp3) is 0.435. The summed E-state index contributed by atoms with van der Waals surface area (Å²) >= 11 is 0. The maximum atomic E-state index is 12.6. The minimum Gasteiger partial charge on any atom is -0.395 e. The van der Waals surface area contributed by atoms with Gasteiger partial charge in [0.1, 0.15) is 11.7 Å². The number of nitrogens with zero attached hydrogens (tertiary/aromatic N) is 2. The van der Waals surface area contributed by atoms with Crippen molar-refractivity contribution >= 4 is 5.91 Å². The van der Waals surface area contributed by atoms with Crippen molar-refractivity contribution in [3.8, 4) is 0 Å². The number of aliphatic hydroxyl groups is 3. The maximum Gasteiger partial charge on any atom is 0.227 e. The Morgan fingerprint density at radius 2 is 1.69 bits per heavy atom. The van der Waals surface area contributed by atoms with Crippen molar-refractivity contribution in [1.29, 1.82) is 0 Å². The zero-order valence-corrected chi connectivity index (χ0v) is 16.7. The number of aliphatic hydroxyl groups excluding tert-OH is 2. The van der Waals surface area contributed by atoms with Crippen molar-refractivity contribution in [2.45, 2.75) is 31.1 Å². The lowest BCUT2D eigenvalue weighted by Gasteiger charge is -2.44. The van der Waals surface area contributed by atoms with E-state index in [1.807, 2.05) is 65.6 Å². The number of benzene rings is 2. The molecule has 1 fully saturated rings. The number of hydrogen-bond donors (Lipinski definition) is 3. The normalized spacial score (nSPS) is 22.1. The second-order valence-electron chi connectivity index (χ2n) is 7.79. The summed E-state index contributed by atoms with van der Waals surface area (Å²) in [5.41, 5.74) is 0.701. The number of amides is 1. The van der Waals surface area contributed by atoms with E-state index in [1.54, 1.807) is 4.90 Å². The van der Waals surface area contributed by atoms with E-state index in [0.29, 0.717) is 26.1 Å². The summed E-state index contributed by atoms with van der Waals surface area (Å²) in [5.74, 6) is -0.0474. The Morgan fingerprint density at radius 3 is 2.28 bits per heavy atom. The molecule has 2 aromatic carbocycles. The first-order valence-electron chi connectivity index (χ1n) is 10.1. The Hall–Kier alpha value is -2.25. The molecule has 3 rings (SSSR count). The van der Waals surface area contributed by atoms with Crippen molar-refractivity contribution in [3.05, 3.63) is 71.8 Å². The molecule has 0 radical (unpaired) electrons. The van der Waals surface area contributed by atoms with Crippen LogP contribution in [0.2, 0.25) is 0 Å². The van der Waals surface area contributed by atoms with Gasteiger partial charge >= 0.3 is 0 Å². The molecule has 6 heteroatoms. The minimum absolute atomic E-state index is 0.0271. The van der Waals surface area contributed by atoms with Crippen molar-refractivity contribution in [2.75, 3.05) is 32.8 Å². The highest BCUT2D eigenvalue weighted by atomic mass is 16.3. The smallest absolute Gasteiger partial charge is 0.227 e. The predicted molar refractivity (Wildman–Crippen MR) is 111 cm³/mol. The number of hydrogen-bond acceptors (Lipinski definition) is 5. The Kier molecular flexibility index (Phi) is 7.39. The first-order valence-corrected chi connectivity index (χ1v) is 10.1. The van der Waals surface area contributed by atoms with Gasteiger partial charge in [0.05, 0.1) is 13.0 Å². The summed E-state index contributed by atoms with van der Waals surface area (Å²) in [6.45, 7) is 1.71. The second-order valence-corrected chi connectivity index (χ2v) is 7.79. The van der Waals surface area contributed by atoms with Crippen LogP contribution in [0.3, 0.4) is 0 Å². The van der Waals surface area contributed by atoms with Gasteiger partial charge < -0.3 is 20.2 Å². The van der Waals surface area contributed by atoms with E-state index in [4.69, 9.17) is 0 Å². The molecule has 1 aliphatic heterocycles. The topological polar surface area (TPSA) is 84.2 Å². The third-order valence-electron chi connectivity index (χ3n) is 5.54. The van der Waals surface area contributed by atoms with Gasteiger partial charge in [0, 0.05) is 32.7 Å². The van der Waals surface area contributed by atoms with Crippen molar-refractivity contribution in [1.82, 2.24) is 9.80 Å². The van der Waals surface area contributed by atoms with Gasteiger partial charge in [0.15, 0.2) is 0 Å². The summed E-state index contributed by atoms with van der Waals surface area (Å²) in [4.78, 5) is 16.1. The molecule has 1 saturated heterocycles. The lowest BCUT2D eigenvalue weighted by Crippen LogP contribution is -2.61. The second kappa shape index (κ2) is 9.98. The van der Waals surface area contributed by atoms with Gasteiger partial charge in [-0.2, -0.15) is 0 Å². The first kappa shape index (κ1) is 21.5. The highest BCUT2D eigenvalue weighted by molar-refractivity contribution is 5.79. The van der Waals surface area contributed by atoms with Crippen LogP contribution in [-0.4, -0.2) is 75.5 Å². The van der Waals surface area contributed by atoms with E-state index in [2.05, 4.69) is 0 Å². The Labute approximate surface area is 172 Å². The highest BCUT2D eigenvalue weighted by Gasteiger charge is 2.42. The van der Waals surface area contributed by atoms with Crippen molar-refractivity contribution in [3.63, 3.8) is 0 Å². The van der Waals surface area contributed by atoms with Gasteiger partial charge in [0.25, 0.3) is 0 Å². The monoisotopic (exact) mass is 398 g/mol. The van der Waals surface area contributed by atoms with Crippen LogP contribution in [0.25, 0.3) is 0 Å². The van der Waals surface area contributed by atoms with Gasteiger partial charge in [-0.25, -0.2) is 0 Å². The zero-order chi connectivity index (χ0) is 20.7. The van der Waals surface area contributed by atoms with Crippen LogP contribution in [0.1, 0.15) is 17.5 Å². The van der Waals surface area contributed by atoms with Crippen molar-refractivity contribution < 1.29 is 20.1 Å². The molecule has 2 aromatic rings. The Balaban J connectivity index is 1.59. The molecule has 0 aromatic heterocycles. The van der Waals surface area contributed by atoms with E-state index < -0.39 is 11.7 Å². The molecule has 0 unspecified atom stereocenters. The lowest BCUT2D eigenvalue weighted by atomic mass is 9.87. The van der Waals surface area contributed by atoms with Crippen LogP contribution < -0.4 is 0 Å². The molecular weight excluding hydrogens is 368 g/mol. The quantitative estimate of drug-likeness (QED) is 0.619. The molecule has 1 heterocycles. The summed E-state index contributed by atoms with van der Waals surface area (Å²) < 4.78 is 0. The van der Waals surface area contributed by atoms with Crippen LogP contribution >= 0.6 is 0 Å². The van der Waals surface area contributed by atoms with Crippen LogP contribution in [0.4, 0.5) is 0 Å². The number of carbonyl (C=O) groups excluding carboxylic acids is 1. The van der Waals surface area contributed by atoms with Crippen LogP contribution in [0, 0.1) is 0 Å². The van der Waals surface area contributed by atoms with Crippen molar-refractivity contribution in [2.24, 2.45) is 0 Å². The summed E-state index contributed by atoms with van der Waals surface area (Å²) in [6.07, 6.45) is -0.449. The maximum absolute atomic E-state index is 12.6. The third kappa shape index (κ3) is 5.87. The standard InChI is InChI=1S/C23H30N2O4/c26-14-13-24(16-20-9-5-2-6-10-20)18-23(29)11-12-25(17-21(23)27)22(28)15-19-7-3-1-4-8-19/h1-10,21,26-27,29H,11-18H2/t21-,23-/m0/s1. The van der Waals surface area contributed by atoms with E-state index in [1.165, 1.54) is 0 Å². The minimum atomic E-state index is -1.31. The fourth-order valence-corrected chi connectivity index (χ4v) is 3.84. The van der Waals surface area contributed by atoms with Gasteiger partial charge in [-0.1, -0.05) is 60.7 Å². The van der Waals surface area contributed by atoms with Gasteiger partial charge in [-0.15, -0.1) is 0 Å². The third-order valence-corrected chi connectivity index (χ3v) is 5.54. The number of rotatable bonds is 8. The van der Waals surface area contributed by atoms with E-state index >= 15 is 0 Å². The summed E-state index contributed by atoms with van der Waals surface area (Å²) in [5, 5.41) is 31.2. The molecule has 0 saturated carbocycles. The summed E-state index contributed by atoms with van der Waals surface area (Å²) in [7, 11) is 0. The average molecular weight is 399 g/mol. The number of likely N-dealkylation sites (tertiary alicyclic amines) is 1. The SMILES string of the molecule is O=C(Cc1ccccc1)N1CC[C@](O)(CN(CCO)Cc2ccccc2)[C@@H](O)C1. The molecule has 2 atom stereocenters. The molecular formula is C23H30N2O4. The molecule has 1 amide bonds. The van der Waals surface area contributed by atoms with E-state index in [9.17, 15) is 20.1 Å². The number of β-amino-alcohol motifs (C(OH)–C–C–N with tert-alkyl or cyclic N) is 1. The molecule has 6 nitrogen and oxygen atoms in total. The molecule has 3 N–H and O–H groups in total. The van der Waals surface area contributed by atoms with E-state index in [0.717, 1.165) is 11.1 Å².